The van der Waals surface area contributed by atoms with Crippen LogP contribution in [0.5, 0.6) is 0 Å². The molecule has 0 unspecified atom stereocenters. The topological polar surface area (TPSA) is 60.8 Å². The van der Waals surface area contributed by atoms with Gasteiger partial charge in [-0.3, -0.25) is 4.90 Å². The van der Waals surface area contributed by atoms with Crippen LogP contribution in [0.1, 0.15) is 40.0 Å². The lowest BCUT2D eigenvalue weighted by atomic mass is 10.1. The van der Waals surface area contributed by atoms with E-state index in [1.54, 1.807) is 6.08 Å². The molecule has 2 N–H and O–H groups in total. The minimum Gasteiger partial charge on any atom is -0.478 e. The number of carboxylic acids is 1. The minimum atomic E-state index is -0.846. The van der Waals surface area contributed by atoms with E-state index in [4.69, 9.17) is 10.2 Å². The molecule has 0 aromatic carbocycles. The van der Waals surface area contributed by atoms with Crippen molar-refractivity contribution in [3.8, 4) is 0 Å². The quantitative estimate of drug-likeness (QED) is 0.607. The maximum absolute atomic E-state index is 10.9. The number of carbonyl (C=O) groups is 1. The first-order valence-electron chi connectivity index (χ1n) is 6.37. The zero-order valence-electron chi connectivity index (χ0n) is 11.1. The van der Waals surface area contributed by atoms with Crippen LogP contribution >= 0.6 is 0 Å². The van der Waals surface area contributed by atoms with E-state index in [-0.39, 0.29) is 6.61 Å². The lowest BCUT2D eigenvalue weighted by Gasteiger charge is -2.28. The summed E-state index contributed by atoms with van der Waals surface area (Å²) in [6.45, 7) is 7.37. The molecule has 0 aromatic heterocycles. The number of aliphatic carboxylic acids is 1. The average molecular weight is 243 g/mol. The fourth-order valence-electron chi connectivity index (χ4n) is 1.97. The molecule has 4 heteroatoms. The molecule has 0 rings (SSSR count). The summed E-state index contributed by atoms with van der Waals surface area (Å²) in [6, 6.07) is 0.408. The summed E-state index contributed by atoms with van der Waals surface area (Å²) in [5.41, 5.74) is 0.443. The Kier molecular flexibility index (Phi) is 8.72. The molecule has 0 aliphatic rings. The molecule has 100 valence electrons. The Morgan fingerprint density at radius 3 is 2.24 bits per heavy atom. The molecular formula is C13H25NO3. The van der Waals surface area contributed by atoms with Gasteiger partial charge in [0.05, 0.1) is 6.61 Å². The van der Waals surface area contributed by atoms with Crippen LogP contribution in [0.3, 0.4) is 0 Å². The predicted octanol–water partition coefficient (Wildman–Crippen LogP) is 1.89. The van der Waals surface area contributed by atoms with Gasteiger partial charge in [0.2, 0.25) is 0 Å². The Morgan fingerprint density at radius 2 is 1.88 bits per heavy atom. The molecule has 0 spiro atoms. The summed E-state index contributed by atoms with van der Waals surface area (Å²) in [7, 11) is 0. The summed E-state index contributed by atoms with van der Waals surface area (Å²) in [6.07, 6.45) is 4.32. The second-order valence-electron chi connectivity index (χ2n) is 4.08. The standard InChI is InChI=1S/C13H25NO3/c1-4-11(13(16)17)7-8-14(9-10-15)12(5-2)6-3/h7,12,15H,4-6,8-10H2,1-3H3,(H,16,17). The molecule has 0 amide bonds. The number of nitrogens with zero attached hydrogens (tertiary/aromatic N) is 1. The SMILES string of the molecule is CCC(=CCN(CCO)C(CC)CC)C(=O)O. The molecule has 0 saturated carbocycles. The summed E-state index contributed by atoms with van der Waals surface area (Å²) in [4.78, 5) is 13.0. The van der Waals surface area contributed by atoms with E-state index in [9.17, 15) is 4.79 Å². The lowest BCUT2D eigenvalue weighted by molar-refractivity contribution is -0.132. The second kappa shape index (κ2) is 9.19. The van der Waals surface area contributed by atoms with E-state index in [2.05, 4.69) is 18.7 Å². The molecule has 0 heterocycles. The van der Waals surface area contributed by atoms with Crippen LogP contribution in [-0.2, 0) is 4.79 Å². The first kappa shape index (κ1) is 16.1. The van der Waals surface area contributed by atoms with Crippen molar-refractivity contribution in [2.24, 2.45) is 0 Å². The zero-order valence-corrected chi connectivity index (χ0v) is 11.1. The van der Waals surface area contributed by atoms with Gasteiger partial charge >= 0.3 is 5.97 Å². The second-order valence-corrected chi connectivity index (χ2v) is 4.08. The van der Waals surface area contributed by atoms with Crippen LogP contribution in [0, 0.1) is 0 Å². The van der Waals surface area contributed by atoms with Crippen molar-refractivity contribution in [3.63, 3.8) is 0 Å². The summed E-state index contributed by atoms with van der Waals surface area (Å²) in [5.74, 6) is -0.846. The van der Waals surface area contributed by atoms with Crippen LogP contribution in [0.25, 0.3) is 0 Å². The van der Waals surface area contributed by atoms with Crippen molar-refractivity contribution in [3.05, 3.63) is 11.6 Å². The highest BCUT2D eigenvalue weighted by Gasteiger charge is 2.14. The summed E-state index contributed by atoms with van der Waals surface area (Å²) >= 11 is 0. The fourth-order valence-corrected chi connectivity index (χ4v) is 1.97. The van der Waals surface area contributed by atoms with Gasteiger partial charge in [-0.1, -0.05) is 26.8 Å². The Balaban J connectivity index is 4.58. The molecule has 0 aromatic rings. The van der Waals surface area contributed by atoms with Crippen LogP contribution in [0.15, 0.2) is 11.6 Å². The molecule has 4 nitrogen and oxygen atoms in total. The van der Waals surface area contributed by atoms with Gasteiger partial charge in [-0.2, -0.15) is 0 Å². The van der Waals surface area contributed by atoms with Crippen molar-refractivity contribution in [2.75, 3.05) is 19.7 Å². The van der Waals surface area contributed by atoms with Gasteiger partial charge in [-0.25, -0.2) is 4.79 Å². The van der Waals surface area contributed by atoms with E-state index >= 15 is 0 Å². The first-order valence-corrected chi connectivity index (χ1v) is 6.37. The number of carboxylic acid groups (broad SMARTS) is 1. The normalized spacial score (nSPS) is 12.5. The van der Waals surface area contributed by atoms with Crippen molar-refractivity contribution < 1.29 is 15.0 Å². The summed E-state index contributed by atoms with van der Waals surface area (Å²) < 4.78 is 0. The predicted molar refractivity (Wildman–Crippen MR) is 69.0 cm³/mol. The molecule has 0 saturated heterocycles. The molecule has 0 atom stereocenters. The highest BCUT2D eigenvalue weighted by molar-refractivity contribution is 5.86. The molecule has 17 heavy (non-hydrogen) atoms. The Bertz CT molecular complexity index is 247. The van der Waals surface area contributed by atoms with Crippen molar-refractivity contribution in [1.29, 1.82) is 0 Å². The van der Waals surface area contributed by atoms with E-state index in [1.165, 1.54) is 0 Å². The van der Waals surface area contributed by atoms with E-state index in [1.807, 2.05) is 6.92 Å². The highest BCUT2D eigenvalue weighted by Crippen LogP contribution is 2.09. The van der Waals surface area contributed by atoms with Gasteiger partial charge in [0.1, 0.15) is 0 Å². The third-order valence-corrected chi connectivity index (χ3v) is 3.07. The number of aliphatic hydroxyl groups excluding tert-OH is 1. The van der Waals surface area contributed by atoms with Crippen molar-refractivity contribution in [1.82, 2.24) is 4.90 Å². The smallest absolute Gasteiger partial charge is 0.331 e. The fraction of sp³-hybridized carbons (Fsp3) is 0.769. The van der Waals surface area contributed by atoms with Crippen molar-refractivity contribution in [2.45, 2.75) is 46.1 Å². The van der Waals surface area contributed by atoms with Gasteiger partial charge in [-0.05, 0) is 19.3 Å². The van der Waals surface area contributed by atoms with E-state index < -0.39 is 5.97 Å². The summed E-state index contributed by atoms with van der Waals surface area (Å²) in [5, 5.41) is 18.0. The van der Waals surface area contributed by atoms with Crippen LogP contribution < -0.4 is 0 Å². The highest BCUT2D eigenvalue weighted by atomic mass is 16.4. The largest absolute Gasteiger partial charge is 0.478 e. The lowest BCUT2D eigenvalue weighted by Crippen LogP contribution is -2.37. The number of aliphatic hydroxyl groups is 1. The van der Waals surface area contributed by atoms with Gasteiger partial charge < -0.3 is 10.2 Å². The van der Waals surface area contributed by atoms with Gasteiger partial charge in [0, 0.05) is 24.7 Å². The van der Waals surface area contributed by atoms with Gasteiger partial charge in [0.15, 0.2) is 0 Å². The zero-order chi connectivity index (χ0) is 13.3. The first-order chi connectivity index (χ1) is 8.10. The molecule has 0 fully saturated rings. The molecular weight excluding hydrogens is 218 g/mol. The van der Waals surface area contributed by atoms with E-state index in [0.717, 1.165) is 12.8 Å². The Morgan fingerprint density at radius 1 is 1.29 bits per heavy atom. The molecule has 0 aliphatic heterocycles. The van der Waals surface area contributed by atoms with Gasteiger partial charge in [-0.15, -0.1) is 0 Å². The number of hydrogen-bond acceptors (Lipinski definition) is 3. The van der Waals surface area contributed by atoms with Crippen molar-refractivity contribution >= 4 is 5.97 Å². The minimum absolute atomic E-state index is 0.110. The Labute approximate surface area is 104 Å². The van der Waals surface area contributed by atoms with Crippen LogP contribution in [0.2, 0.25) is 0 Å². The third kappa shape index (κ3) is 5.84. The maximum atomic E-state index is 10.9. The molecule has 0 aliphatic carbocycles. The van der Waals surface area contributed by atoms with Gasteiger partial charge in [0.25, 0.3) is 0 Å². The van der Waals surface area contributed by atoms with Crippen LogP contribution in [0.4, 0.5) is 0 Å². The molecule has 0 radical (unpaired) electrons. The number of hydrogen-bond donors (Lipinski definition) is 2. The monoisotopic (exact) mass is 243 g/mol. The molecule has 0 bridgehead atoms. The van der Waals surface area contributed by atoms with Crippen LogP contribution in [-0.4, -0.2) is 46.8 Å². The maximum Gasteiger partial charge on any atom is 0.331 e. The van der Waals surface area contributed by atoms with E-state index in [0.29, 0.717) is 31.1 Å². The third-order valence-electron chi connectivity index (χ3n) is 3.07. The Hall–Kier alpha value is -0.870. The average Bonchev–Trinajstić information content (AvgIpc) is 2.30. The number of rotatable bonds is 9.